The van der Waals surface area contributed by atoms with Crippen molar-refractivity contribution in [3.63, 3.8) is 0 Å². The van der Waals surface area contributed by atoms with Crippen LogP contribution in [0.3, 0.4) is 0 Å². The van der Waals surface area contributed by atoms with E-state index in [1.54, 1.807) is 79.1 Å². The van der Waals surface area contributed by atoms with Crippen molar-refractivity contribution in [3.8, 4) is 0 Å². The quantitative estimate of drug-likeness (QED) is 0.173. The average molecular weight is 761 g/mol. The predicted octanol–water partition coefficient (Wildman–Crippen LogP) is 6.96. The molecule has 0 radical (unpaired) electrons. The molecule has 1 aliphatic heterocycles. The van der Waals surface area contributed by atoms with Crippen LogP contribution >= 0.6 is 15.9 Å². The van der Waals surface area contributed by atoms with Crippen molar-refractivity contribution < 1.29 is 33.5 Å². The first-order chi connectivity index (χ1) is 24.5. The van der Waals surface area contributed by atoms with Crippen molar-refractivity contribution in [3.05, 3.63) is 113 Å². The molecule has 7 rings (SSSR count). The standard InChI is InChI=1S/C20H23BN2O4S.C14H11BrN2O2S.3H2/c1-14-6-8-15(9-7-14)28(24,25)23-13-11-16-17(10-12-22-18(16)23)21-26-19(2,3)20(4,5)27-21;1-10-2-4-11(5-3-10)20(18,19)17-9-7-12-13(15)6-8-16-14(12)17;;;/h6-13H,1-5H3;2-9H,1H3;3*1H/i;;2*1+1D;1+1. The highest BCUT2D eigenvalue weighted by molar-refractivity contribution is 9.10. The van der Waals surface area contributed by atoms with Crippen LogP contribution in [0.25, 0.3) is 22.1 Å². The molecule has 0 amide bonds. The van der Waals surface area contributed by atoms with E-state index in [0.29, 0.717) is 16.7 Å². The van der Waals surface area contributed by atoms with E-state index in [0.717, 1.165) is 26.4 Å². The van der Waals surface area contributed by atoms with Gasteiger partial charge < -0.3 is 9.31 Å². The van der Waals surface area contributed by atoms with E-state index >= 15 is 0 Å². The lowest BCUT2D eigenvalue weighted by Gasteiger charge is -2.32. The van der Waals surface area contributed by atoms with E-state index in [1.807, 2.05) is 47.6 Å². The lowest BCUT2D eigenvalue weighted by Crippen LogP contribution is -2.41. The highest BCUT2D eigenvalue weighted by Crippen LogP contribution is 2.37. The van der Waals surface area contributed by atoms with Gasteiger partial charge in [-0.25, -0.2) is 34.7 Å². The third kappa shape index (κ3) is 6.00. The van der Waals surface area contributed by atoms with Gasteiger partial charge in [-0.2, -0.15) is 0 Å². The second-order valence-corrected chi connectivity index (χ2v) is 17.1. The van der Waals surface area contributed by atoms with Gasteiger partial charge in [0, 0.05) is 47.4 Å². The molecule has 14 heteroatoms. The fourth-order valence-electron chi connectivity index (χ4n) is 5.23. The molecule has 5 heterocycles. The Bertz CT molecular complexity index is 2380. The summed E-state index contributed by atoms with van der Waals surface area (Å²) in [5.41, 5.74) is 2.59. The minimum absolute atomic E-state index is 0. The van der Waals surface area contributed by atoms with Crippen LogP contribution in [0.5, 0.6) is 0 Å². The van der Waals surface area contributed by atoms with Crippen LogP contribution in [-0.2, 0) is 29.4 Å². The summed E-state index contributed by atoms with van der Waals surface area (Å²) in [6.07, 6.45) is 6.22. The van der Waals surface area contributed by atoms with Crippen LogP contribution in [-0.4, -0.2) is 53.1 Å². The van der Waals surface area contributed by atoms with Crippen LogP contribution < -0.4 is 5.46 Å². The first-order valence-electron chi connectivity index (χ1n) is 17.1. The van der Waals surface area contributed by atoms with E-state index in [-0.39, 0.29) is 11.2 Å². The summed E-state index contributed by atoms with van der Waals surface area (Å²) in [6.45, 7) is 11.8. The number of rotatable bonds is 5. The topological polar surface area (TPSA) is 122 Å². The van der Waals surface area contributed by atoms with Crippen molar-refractivity contribution in [2.75, 3.05) is 0 Å². The number of aromatic nitrogens is 4. The van der Waals surface area contributed by atoms with E-state index in [1.165, 1.54) is 20.3 Å². The van der Waals surface area contributed by atoms with E-state index in [4.69, 9.17) is 15.2 Å². The molecule has 10 nitrogen and oxygen atoms in total. The Balaban J connectivity index is 0.000000268. The molecule has 48 heavy (non-hydrogen) atoms. The van der Waals surface area contributed by atoms with Crippen LogP contribution in [0.2, 0.25) is 0 Å². The average Bonchev–Trinajstić information content (AvgIpc) is 3.82. The fraction of sp³-hybridized carbons (Fsp3) is 0.235. The highest BCUT2D eigenvalue weighted by atomic mass is 79.9. The first kappa shape index (κ1) is 31.5. The summed E-state index contributed by atoms with van der Waals surface area (Å²) in [4.78, 5) is 8.97. The molecule has 0 atom stereocenters. The van der Waals surface area contributed by atoms with Crippen molar-refractivity contribution in [2.24, 2.45) is 0 Å². The summed E-state index contributed by atoms with van der Waals surface area (Å²) >= 11 is 3.39. The number of benzene rings is 2. The smallest absolute Gasteiger partial charge is 0.399 e. The maximum absolute atomic E-state index is 13.1. The normalized spacial score (nSPS) is 16.2. The minimum atomic E-state index is -3.75. The van der Waals surface area contributed by atoms with E-state index < -0.39 is 38.4 Å². The third-order valence-corrected chi connectivity index (χ3v) is 12.8. The van der Waals surface area contributed by atoms with Gasteiger partial charge in [0.2, 0.25) is 0 Å². The molecule has 0 spiro atoms. The molecule has 6 aromatic rings. The first-order valence-corrected chi connectivity index (χ1v) is 18.8. The van der Waals surface area contributed by atoms with Crippen LogP contribution in [0.4, 0.5) is 0 Å². The van der Waals surface area contributed by atoms with Gasteiger partial charge in [0.15, 0.2) is 11.3 Å². The van der Waals surface area contributed by atoms with Crippen molar-refractivity contribution >= 4 is 70.6 Å². The van der Waals surface area contributed by atoms with Gasteiger partial charge in [-0.15, -0.1) is 0 Å². The summed E-state index contributed by atoms with van der Waals surface area (Å²) in [5.74, 6) is 0. The predicted molar refractivity (Wildman–Crippen MR) is 197 cm³/mol. The Labute approximate surface area is 296 Å². The molecule has 1 fully saturated rings. The minimum Gasteiger partial charge on any atom is -0.399 e. The summed E-state index contributed by atoms with van der Waals surface area (Å²) < 4.78 is 87.0. The van der Waals surface area contributed by atoms with Gasteiger partial charge in [-0.05, 0) is 111 Å². The summed E-state index contributed by atoms with van der Waals surface area (Å²) in [6, 6.07) is 20.6. The van der Waals surface area contributed by atoms with Gasteiger partial charge in [0.1, 0.15) is 0 Å². The largest absolute Gasteiger partial charge is 0.495 e. The Morgan fingerprint density at radius 1 is 0.667 bits per heavy atom. The lowest BCUT2D eigenvalue weighted by atomic mass is 9.78. The summed E-state index contributed by atoms with van der Waals surface area (Å²) in [5, 5.41) is 1.46. The highest BCUT2D eigenvalue weighted by Gasteiger charge is 2.52. The van der Waals surface area contributed by atoms with Gasteiger partial charge in [0.25, 0.3) is 20.0 Å². The van der Waals surface area contributed by atoms with Crippen molar-refractivity contribution in [2.45, 2.75) is 62.5 Å². The summed E-state index contributed by atoms with van der Waals surface area (Å²) in [7, 11) is -7.96. The van der Waals surface area contributed by atoms with E-state index in [9.17, 15) is 16.8 Å². The number of hydrogen-bond donors (Lipinski definition) is 0. The molecule has 0 N–H and O–H groups in total. The molecule has 1 aliphatic rings. The zero-order valence-corrected chi connectivity index (χ0v) is 30.5. The second-order valence-electron chi connectivity index (χ2n) is 12.6. The number of aryl methyl sites for hydroxylation is 2. The molecule has 1 saturated heterocycles. The number of nitrogens with zero attached hydrogens (tertiary/aromatic N) is 4. The molecule has 0 aliphatic carbocycles. The fourth-order valence-corrected chi connectivity index (χ4v) is 8.26. The van der Waals surface area contributed by atoms with Crippen molar-refractivity contribution in [1.82, 2.24) is 17.9 Å². The number of fused-ring (bicyclic) bond motifs is 2. The number of pyridine rings is 2. The van der Waals surface area contributed by atoms with Crippen molar-refractivity contribution in [1.29, 1.82) is 0 Å². The third-order valence-electron chi connectivity index (χ3n) is 8.75. The maximum atomic E-state index is 13.1. The molecule has 0 unspecified atom stereocenters. The van der Waals surface area contributed by atoms with E-state index in [2.05, 4.69) is 25.9 Å². The SMILES string of the molecule is Cc1ccc(S(=O)(=O)n2ccc3c(B4OC(C)(C)C(C)(C)O4)ccnc32)cc1.Cc1ccc(S(=O)(=O)n2ccc3c(Br)ccnc32)cc1.[2HH].[2H][2H].[2H][2H]. The molecule has 0 bridgehead atoms. The number of halogens is 1. The zero-order valence-electron chi connectivity index (χ0n) is 31.2. The molecular weight excluding hydrogens is 715 g/mol. The number of hydrogen-bond acceptors (Lipinski definition) is 8. The maximum Gasteiger partial charge on any atom is 0.495 e. The molecule has 254 valence electrons. The van der Waals surface area contributed by atoms with Crippen LogP contribution in [0, 0.1) is 13.8 Å². The van der Waals surface area contributed by atoms with Crippen LogP contribution in [0.1, 0.15) is 46.2 Å². The molecule has 4 aromatic heterocycles. The van der Waals surface area contributed by atoms with Crippen LogP contribution in [0.15, 0.2) is 112 Å². The lowest BCUT2D eigenvalue weighted by molar-refractivity contribution is 0.00578. The molecular formula is C34H40BBrN4O6S2. The Kier molecular flexibility index (Phi) is 8.03. The second kappa shape index (κ2) is 12.3. The zero-order chi connectivity index (χ0) is 38.6. The Hall–Kier alpha value is -3.82. The van der Waals surface area contributed by atoms with Gasteiger partial charge in [0.05, 0.1) is 21.0 Å². The van der Waals surface area contributed by atoms with Gasteiger partial charge in [-0.1, -0.05) is 35.4 Å². The molecule has 0 saturated carbocycles. The van der Waals surface area contributed by atoms with Gasteiger partial charge >= 0.3 is 7.12 Å². The molecule has 2 aromatic carbocycles. The Morgan fingerprint density at radius 2 is 1.08 bits per heavy atom. The monoisotopic (exact) mass is 759 g/mol. The Morgan fingerprint density at radius 3 is 1.56 bits per heavy atom. The van der Waals surface area contributed by atoms with Gasteiger partial charge in [-0.3, -0.25) is 0 Å².